The van der Waals surface area contributed by atoms with Gasteiger partial charge < -0.3 is 0 Å². The molecule has 90 valence electrons. The van der Waals surface area contributed by atoms with Gasteiger partial charge in [0, 0.05) is 8.59 Å². The van der Waals surface area contributed by atoms with Crippen LogP contribution in [0, 0.1) is 3.57 Å². The minimum Gasteiger partial charge on any atom is -0.219 e. The number of hydrogen-bond donors (Lipinski definition) is 0. The van der Waals surface area contributed by atoms with E-state index in [9.17, 15) is 0 Å². The minimum absolute atomic E-state index is 0.251. The standard InChI is InChI=1S/C11H10BrClIN3/c1-2-8(12)10-6-17(16-15-10)11-4-3-7(13)5-9(11)14/h3-6,8H,2H2,1H3. The van der Waals surface area contributed by atoms with Crippen LogP contribution in [0.15, 0.2) is 24.4 Å². The van der Waals surface area contributed by atoms with Gasteiger partial charge in [-0.1, -0.05) is 39.7 Å². The number of aromatic nitrogens is 3. The van der Waals surface area contributed by atoms with Gasteiger partial charge in [-0.25, -0.2) is 4.68 Å². The lowest BCUT2D eigenvalue weighted by atomic mass is 10.3. The van der Waals surface area contributed by atoms with Crippen molar-refractivity contribution in [1.29, 1.82) is 0 Å². The van der Waals surface area contributed by atoms with Crippen molar-refractivity contribution >= 4 is 50.1 Å². The molecule has 0 aliphatic rings. The van der Waals surface area contributed by atoms with Crippen LogP contribution < -0.4 is 0 Å². The van der Waals surface area contributed by atoms with Gasteiger partial charge in [0.2, 0.25) is 0 Å². The Balaban J connectivity index is 2.37. The summed E-state index contributed by atoms with van der Waals surface area (Å²) in [5, 5.41) is 9.02. The molecule has 1 aromatic carbocycles. The molecule has 0 aliphatic heterocycles. The van der Waals surface area contributed by atoms with Crippen molar-refractivity contribution in [3.05, 3.63) is 38.7 Å². The molecule has 1 aromatic heterocycles. The number of halogens is 3. The van der Waals surface area contributed by atoms with Gasteiger partial charge in [0.05, 0.1) is 22.4 Å². The summed E-state index contributed by atoms with van der Waals surface area (Å²) in [6, 6.07) is 5.70. The van der Waals surface area contributed by atoms with Crippen molar-refractivity contribution < 1.29 is 0 Å². The maximum atomic E-state index is 5.92. The number of nitrogens with zero attached hydrogens (tertiary/aromatic N) is 3. The van der Waals surface area contributed by atoms with Crippen LogP contribution in [0.25, 0.3) is 5.69 Å². The van der Waals surface area contributed by atoms with E-state index >= 15 is 0 Å². The Kier molecular flexibility index (Phi) is 4.43. The van der Waals surface area contributed by atoms with Gasteiger partial charge in [0.1, 0.15) is 0 Å². The highest BCUT2D eigenvalue weighted by molar-refractivity contribution is 14.1. The molecule has 0 saturated carbocycles. The molecule has 0 aliphatic carbocycles. The zero-order valence-electron chi connectivity index (χ0n) is 9.07. The summed E-state index contributed by atoms with van der Waals surface area (Å²) in [6.07, 6.45) is 2.92. The molecule has 0 amide bonds. The molecule has 0 saturated heterocycles. The highest BCUT2D eigenvalue weighted by atomic mass is 127. The molecule has 1 unspecified atom stereocenters. The van der Waals surface area contributed by atoms with Gasteiger partial charge in [0.25, 0.3) is 0 Å². The average Bonchev–Trinajstić information content (AvgIpc) is 2.77. The molecule has 0 radical (unpaired) electrons. The summed E-state index contributed by atoms with van der Waals surface area (Å²) in [4.78, 5) is 0.251. The van der Waals surface area contributed by atoms with Gasteiger partial charge >= 0.3 is 0 Å². The highest BCUT2D eigenvalue weighted by Gasteiger charge is 2.11. The second kappa shape index (κ2) is 5.67. The third-order valence-electron chi connectivity index (χ3n) is 2.35. The maximum absolute atomic E-state index is 5.92. The topological polar surface area (TPSA) is 30.7 Å². The van der Waals surface area contributed by atoms with E-state index in [4.69, 9.17) is 11.6 Å². The lowest BCUT2D eigenvalue weighted by molar-refractivity contribution is 0.788. The van der Waals surface area contributed by atoms with E-state index in [0.29, 0.717) is 0 Å². The lowest BCUT2D eigenvalue weighted by Gasteiger charge is -2.03. The number of hydrogen-bond acceptors (Lipinski definition) is 2. The first kappa shape index (κ1) is 13.3. The molecular formula is C11H10BrClIN3. The molecule has 1 atom stereocenters. The van der Waals surface area contributed by atoms with E-state index in [1.807, 2.05) is 24.4 Å². The van der Waals surface area contributed by atoms with Crippen molar-refractivity contribution in [3.8, 4) is 5.69 Å². The highest BCUT2D eigenvalue weighted by Crippen LogP contribution is 2.26. The van der Waals surface area contributed by atoms with Crippen LogP contribution in [-0.4, -0.2) is 15.0 Å². The van der Waals surface area contributed by atoms with Crippen molar-refractivity contribution in [2.45, 2.75) is 18.2 Å². The monoisotopic (exact) mass is 425 g/mol. The molecule has 0 fully saturated rings. The van der Waals surface area contributed by atoms with Gasteiger partial charge in [-0.2, -0.15) is 0 Å². The van der Waals surface area contributed by atoms with E-state index < -0.39 is 0 Å². The predicted octanol–water partition coefficient (Wildman–Crippen LogP) is 4.37. The largest absolute Gasteiger partial charge is 0.219 e. The summed E-state index contributed by atoms with van der Waals surface area (Å²) < 4.78 is 2.83. The summed E-state index contributed by atoms with van der Waals surface area (Å²) in [7, 11) is 0. The summed E-state index contributed by atoms with van der Waals surface area (Å²) in [6.45, 7) is 2.10. The van der Waals surface area contributed by atoms with Crippen LogP contribution >= 0.6 is 50.1 Å². The first-order chi connectivity index (χ1) is 8.11. The van der Waals surface area contributed by atoms with E-state index in [2.05, 4.69) is 55.8 Å². The molecule has 1 heterocycles. The second-order valence-electron chi connectivity index (χ2n) is 3.56. The molecule has 17 heavy (non-hydrogen) atoms. The Morgan fingerprint density at radius 2 is 2.29 bits per heavy atom. The number of benzene rings is 1. The SMILES string of the molecule is CCC(Br)c1cn(-c2ccc(Cl)cc2I)nn1. The smallest absolute Gasteiger partial charge is 0.0967 e. The third-order valence-corrected chi connectivity index (χ3v) is 4.56. The van der Waals surface area contributed by atoms with E-state index in [0.717, 1.165) is 26.4 Å². The van der Waals surface area contributed by atoms with Crippen LogP contribution in [0.1, 0.15) is 23.9 Å². The Bertz CT molecular complexity index is 529. The quantitative estimate of drug-likeness (QED) is 0.539. The van der Waals surface area contributed by atoms with Crippen molar-refractivity contribution in [2.75, 3.05) is 0 Å². The van der Waals surface area contributed by atoms with Gasteiger partial charge in [-0.3, -0.25) is 0 Å². The molecule has 0 N–H and O–H groups in total. The van der Waals surface area contributed by atoms with Crippen molar-refractivity contribution in [3.63, 3.8) is 0 Å². The molecule has 0 bridgehead atoms. The Labute approximate surface area is 127 Å². The Morgan fingerprint density at radius 3 is 2.94 bits per heavy atom. The van der Waals surface area contributed by atoms with Crippen molar-refractivity contribution in [2.24, 2.45) is 0 Å². The van der Waals surface area contributed by atoms with Crippen LogP contribution in [0.3, 0.4) is 0 Å². The Morgan fingerprint density at radius 1 is 1.53 bits per heavy atom. The fourth-order valence-electron chi connectivity index (χ4n) is 1.41. The zero-order chi connectivity index (χ0) is 12.4. The first-order valence-corrected chi connectivity index (χ1v) is 7.50. The fraction of sp³-hybridized carbons (Fsp3) is 0.273. The van der Waals surface area contributed by atoms with Crippen LogP contribution in [0.4, 0.5) is 0 Å². The van der Waals surface area contributed by atoms with Crippen LogP contribution in [0.5, 0.6) is 0 Å². The lowest BCUT2D eigenvalue weighted by Crippen LogP contribution is -1.97. The minimum atomic E-state index is 0.251. The van der Waals surface area contributed by atoms with Crippen molar-refractivity contribution in [1.82, 2.24) is 15.0 Å². The fourth-order valence-corrected chi connectivity index (χ4v) is 2.74. The van der Waals surface area contributed by atoms with E-state index in [1.54, 1.807) is 4.68 Å². The normalized spacial score (nSPS) is 12.7. The molecule has 2 rings (SSSR count). The van der Waals surface area contributed by atoms with E-state index in [1.165, 1.54) is 0 Å². The summed E-state index contributed by atoms with van der Waals surface area (Å²) in [5.41, 5.74) is 1.93. The molecule has 3 nitrogen and oxygen atoms in total. The first-order valence-electron chi connectivity index (χ1n) is 5.13. The maximum Gasteiger partial charge on any atom is 0.0967 e. The van der Waals surface area contributed by atoms with Gasteiger partial charge in [0.15, 0.2) is 0 Å². The summed E-state index contributed by atoms with van der Waals surface area (Å²) in [5.74, 6) is 0. The second-order valence-corrected chi connectivity index (χ2v) is 6.26. The van der Waals surface area contributed by atoms with Crippen LogP contribution in [-0.2, 0) is 0 Å². The van der Waals surface area contributed by atoms with E-state index in [-0.39, 0.29) is 4.83 Å². The van der Waals surface area contributed by atoms with Gasteiger partial charge in [-0.15, -0.1) is 5.10 Å². The molecule has 0 spiro atoms. The Hall–Kier alpha value is -0.140. The molecule has 2 aromatic rings. The molecular weight excluding hydrogens is 416 g/mol. The number of alkyl halides is 1. The summed E-state index contributed by atoms with van der Waals surface area (Å²) >= 11 is 11.7. The number of rotatable bonds is 3. The van der Waals surface area contributed by atoms with Gasteiger partial charge in [-0.05, 0) is 47.2 Å². The molecule has 6 heteroatoms. The van der Waals surface area contributed by atoms with Crippen LogP contribution in [0.2, 0.25) is 5.02 Å². The third kappa shape index (κ3) is 3.00. The average molecular weight is 426 g/mol. The predicted molar refractivity (Wildman–Crippen MR) is 81.0 cm³/mol. The zero-order valence-corrected chi connectivity index (χ0v) is 13.6.